The fourth-order valence-corrected chi connectivity index (χ4v) is 4.10. The van der Waals surface area contributed by atoms with E-state index in [-0.39, 0.29) is 5.69 Å². The normalized spacial score (nSPS) is 11.2. The van der Waals surface area contributed by atoms with Crippen LogP contribution in [0.3, 0.4) is 0 Å². The van der Waals surface area contributed by atoms with Gasteiger partial charge in [0.2, 0.25) is 0 Å². The second kappa shape index (κ2) is 9.62. The lowest BCUT2D eigenvalue weighted by molar-refractivity contribution is -0.384. The van der Waals surface area contributed by atoms with Gasteiger partial charge in [-0.1, -0.05) is 48.5 Å². The molecule has 4 aromatic rings. The Morgan fingerprint density at radius 2 is 1.78 bits per heavy atom. The van der Waals surface area contributed by atoms with Crippen LogP contribution in [0.15, 0.2) is 84.9 Å². The van der Waals surface area contributed by atoms with Gasteiger partial charge >= 0.3 is 0 Å². The Hall–Kier alpha value is -3.70. The highest BCUT2D eigenvalue weighted by atomic mass is 127. The van der Waals surface area contributed by atoms with E-state index in [0.717, 1.165) is 20.4 Å². The third kappa shape index (κ3) is 4.79. The molecule has 0 heterocycles. The van der Waals surface area contributed by atoms with E-state index < -0.39 is 4.92 Å². The first-order valence-electron chi connectivity index (χ1n) is 9.81. The minimum absolute atomic E-state index is 0.00622. The van der Waals surface area contributed by atoms with Crippen LogP contribution in [0.2, 0.25) is 0 Å². The summed E-state index contributed by atoms with van der Waals surface area (Å²) < 4.78 is 7.01. The Morgan fingerprint density at radius 1 is 1.03 bits per heavy atom. The highest BCUT2D eigenvalue weighted by Gasteiger charge is 2.09. The first-order chi connectivity index (χ1) is 15.5. The quantitative estimate of drug-likeness (QED) is 0.0882. The van der Waals surface area contributed by atoms with Crippen LogP contribution in [0.25, 0.3) is 22.4 Å². The van der Waals surface area contributed by atoms with Crippen LogP contribution in [-0.2, 0) is 6.61 Å². The fourth-order valence-electron chi connectivity index (χ4n) is 3.41. The summed E-state index contributed by atoms with van der Waals surface area (Å²) >= 11 is 2.22. The van der Waals surface area contributed by atoms with Crippen molar-refractivity contribution in [3.8, 4) is 11.8 Å². The van der Waals surface area contributed by atoms with Crippen molar-refractivity contribution >= 4 is 50.7 Å². The third-order valence-corrected chi connectivity index (χ3v) is 5.88. The van der Waals surface area contributed by atoms with Crippen molar-refractivity contribution in [1.82, 2.24) is 0 Å². The van der Waals surface area contributed by atoms with Gasteiger partial charge in [-0.05, 0) is 80.4 Å². The maximum atomic E-state index is 10.8. The average Bonchev–Trinajstić information content (AvgIpc) is 2.82. The van der Waals surface area contributed by atoms with Crippen LogP contribution in [0.5, 0.6) is 5.75 Å². The molecule has 156 valence electrons. The third-order valence-electron chi connectivity index (χ3n) is 5.04. The molecule has 0 spiro atoms. The lowest BCUT2D eigenvalue weighted by atomic mass is 10.0. The molecule has 0 atom stereocenters. The van der Waals surface area contributed by atoms with E-state index >= 15 is 0 Å². The minimum Gasteiger partial charge on any atom is -0.488 e. The second-order valence-corrected chi connectivity index (χ2v) is 8.25. The number of fused-ring (bicyclic) bond motifs is 1. The Bertz CT molecular complexity index is 1370. The van der Waals surface area contributed by atoms with Gasteiger partial charge in [-0.25, -0.2) is 0 Å². The lowest BCUT2D eigenvalue weighted by Gasteiger charge is -2.11. The smallest absolute Gasteiger partial charge is 0.269 e. The molecule has 0 amide bonds. The van der Waals surface area contributed by atoms with Crippen molar-refractivity contribution in [3.05, 3.63) is 115 Å². The summed E-state index contributed by atoms with van der Waals surface area (Å²) in [5.74, 6) is 0.768. The van der Waals surface area contributed by atoms with E-state index in [9.17, 15) is 15.4 Å². The summed E-state index contributed by atoms with van der Waals surface area (Å²) in [5, 5.41) is 22.7. The Balaban J connectivity index is 1.53. The van der Waals surface area contributed by atoms with Gasteiger partial charge in [-0.15, -0.1) is 0 Å². The van der Waals surface area contributed by atoms with Gasteiger partial charge < -0.3 is 4.74 Å². The molecule has 0 aromatic heterocycles. The van der Waals surface area contributed by atoms with Gasteiger partial charge in [0.05, 0.1) is 20.1 Å². The van der Waals surface area contributed by atoms with Gasteiger partial charge in [-0.2, -0.15) is 5.26 Å². The maximum Gasteiger partial charge on any atom is 0.269 e. The minimum atomic E-state index is -0.459. The highest BCUT2D eigenvalue weighted by Crippen LogP contribution is 2.27. The first-order valence-corrected chi connectivity index (χ1v) is 10.9. The van der Waals surface area contributed by atoms with Crippen LogP contribution in [0.1, 0.15) is 16.7 Å². The number of hydrogen-bond acceptors (Lipinski definition) is 4. The van der Waals surface area contributed by atoms with Gasteiger partial charge in [0.25, 0.3) is 5.69 Å². The van der Waals surface area contributed by atoms with Crippen molar-refractivity contribution in [3.63, 3.8) is 0 Å². The number of nitro groups is 1. The zero-order chi connectivity index (χ0) is 22.5. The van der Waals surface area contributed by atoms with E-state index in [1.54, 1.807) is 18.2 Å². The number of nitro benzene ring substituents is 1. The Labute approximate surface area is 198 Å². The molecule has 5 nitrogen and oxygen atoms in total. The van der Waals surface area contributed by atoms with Crippen LogP contribution in [-0.4, -0.2) is 4.92 Å². The number of rotatable bonds is 6. The predicted octanol–water partition coefficient (Wildman–Crippen LogP) is 7.00. The summed E-state index contributed by atoms with van der Waals surface area (Å²) in [5.41, 5.74) is 3.02. The van der Waals surface area contributed by atoms with Gasteiger partial charge in [0.15, 0.2) is 0 Å². The maximum absolute atomic E-state index is 10.8. The van der Waals surface area contributed by atoms with Crippen molar-refractivity contribution < 1.29 is 9.66 Å². The molecule has 6 heteroatoms. The fraction of sp³-hybridized carbons (Fsp3) is 0.0385. The average molecular weight is 532 g/mol. The molecule has 4 aromatic carbocycles. The molecular weight excluding hydrogens is 515 g/mol. The van der Waals surface area contributed by atoms with Crippen LogP contribution >= 0.6 is 22.6 Å². The molecular formula is C26H17IN2O3. The molecule has 0 aliphatic heterocycles. The summed E-state index contributed by atoms with van der Waals surface area (Å²) in [6, 6.07) is 28.3. The van der Waals surface area contributed by atoms with E-state index in [1.165, 1.54) is 22.9 Å². The first kappa shape index (κ1) is 21.5. The number of non-ortho nitro benzene ring substituents is 1. The van der Waals surface area contributed by atoms with E-state index in [0.29, 0.717) is 17.7 Å². The molecule has 0 saturated carbocycles. The Morgan fingerprint density at radius 3 is 2.50 bits per heavy atom. The monoisotopic (exact) mass is 532 g/mol. The summed E-state index contributed by atoms with van der Waals surface area (Å²) in [4.78, 5) is 10.4. The molecule has 0 unspecified atom stereocenters. The van der Waals surface area contributed by atoms with Crippen LogP contribution in [0, 0.1) is 25.0 Å². The van der Waals surface area contributed by atoms with E-state index in [4.69, 9.17) is 4.74 Å². The standard InChI is InChI=1S/C26H17IN2O3/c27-25-15-18(14-22(16-28)19-9-11-23(12-10-19)29(30)31)8-13-26(25)32-17-21-6-3-5-20-4-1-2-7-24(20)21/h1-15H,17H2/b22-14-. The van der Waals surface area contributed by atoms with E-state index in [2.05, 4.69) is 52.9 Å². The Kier molecular flexibility index (Phi) is 6.47. The zero-order valence-corrected chi connectivity index (χ0v) is 19.0. The topological polar surface area (TPSA) is 76.2 Å². The number of halogens is 1. The molecule has 0 bridgehead atoms. The van der Waals surface area contributed by atoms with E-state index in [1.807, 2.05) is 36.4 Å². The van der Waals surface area contributed by atoms with Crippen molar-refractivity contribution in [2.75, 3.05) is 0 Å². The molecule has 4 rings (SSSR count). The SMILES string of the molecule is N#C/C(=C/c1ccc(OCc2cccc3ccccc23)c(I)c1)c1ccc([N+](=O)[O-])cc1. The molecule has 0 aliphatic rings. The molecule has 0 saturated heterocycles. The second-order valence-electron chi connectivity index (χ2n) is 7.09. The lowest BCUT2D eigenvalue weighted by Crippen LogP contribution is -1.98. The van der Waals surface area contributed by atoms with Gasteiger partial charge in [0.1, 0.15) is 12.4 Å². The predicted molar refractivity (Wildman–Crippen MR) is 134 cm³/mol. The van der Waals surface area contributed by atoms with Crippen LogP contribution < -0.4 is 4.74 Å². The molecule has 0 radical (unpaired) electrons. The summed E-state index contributed by atoms with van der Waals surface area (Å²) in [6.45, 7) is 0.457. The number of allylic oxidation sites excluding steroid dienone is 1. The summed E-state index contributed by atoms with van der Waals surface area (Å²) in [7, 11) is 0. The van der Waals surface area contributed by atoms with Crippen molar-refractivity contribution in [1.29, 1.82) is 5.26 Å². The number of nitrogens with zero attached hydrogens (tertiary/aromatic N) is 2. The van der Waals surface area contributed by atoms with Gasteiger partial charge in [0, 0.05) is 12.1 Å². The van der Waals surface area contributed by atoms with Gasteiger partial charge in [-0.3, -0.25) is 10.1 Å². The highest BCUT2D eigenvalue weighted by molar-refractivity contribution is 14.1. The molecule has 0 N–H and O–H groups in total. The zero-order valence-electron chi connectivity index (χ0n) is 16.9. The number of benzene rings is 4. The number of nitriles is 1. The van der Waals surface area contributed by atoms with Crippen molar-refractivity contribution in [2.24, 2.45) is 0 Å². The summed E-state index contributed by atoms with van der Waals surface area (Å²) in [6.07, 6.45) is 1.76. The van der Waals surface area contributed by atoms with Crippen LogP contribution in [0.4, 0.5) is 5.69 Å². The molecule has 0 fully saturated rings. The number of ether oxygens (including phenoxy) is 1. The largest absolute Gasteiger partial charge is 0.488 e. The number of hydrogen-bond donors (Lipinski definition) is 0. The van der Waals surface area contributed by atoms with Crippen molar-refractivity contribution in [2.45, 2.75) is 6.61 Å². The molecule has 0 aliphatic carbocycles. The molecule has 32 heavy (non-hydrogen) atoms.